The Hall–Kier alpha value is -1.69. The summed E-state index contributed by atoms with van der Waals surface area (Å²) in [4.78, 5) is 10.9. The zero-order valence-corrected chi connectivity index (χ0v) is 11.2. The van der Waals surface area contributed by atoms with Crippen LogP contribution < -0.4 is 5.32 Å². The van der Waals surface area contributed by atoms with Crippen LogP contribution in [-0.2, 0) is 7.05 Å². The van der Waals surface area contributed by atoms with Gasteiger partial charge in [0.1, 0.15) is 12.1 Å². The third-order valence-electron chi connectivity index (χ3n) is 3.14. The Morgan fingerprint density at radius 1 is 1.28 bits per heavy atom. The van der Waals surface area contributed by atoms with Crippen LogP contribution in [-0.4, -0.2) is 50.8 Å². The van der Waals surface area contributed by atoms with Gasteiger partial charge < -0.3 is 10.2 Å². The van der Waals surface area contributed by atoms with Crippen LogP contribution >= 0.6 is 0 Å². The van der Waals surface area contributed by atoms with Gasteiger partial charge in [-0.15, -0.1) is 0 Å². The Balaban J connectivity index is 2.03. The molecule has 6 nitrogen and oxygen atoms in total. The smallest absolute Gasteiger partial charge is 0.163 e. The highest BCUT2D eigenvalue weighted by Gasteiger charge is 2.07. The van der Waals surface area contributed by atoms with E-state index < -0.39 is 0 Å². The van der Waals surface area contributed by atoms with E-state index in [2.05, 4.69) is 39.1 Å². The van der Waals surface area contributed by atoms with Gasteiger partial charge >= 0.3 is 0 Å². The topological polar surface area (TPSA) is 58.9 Å². The maximum Gasteiger partial charge on any atom is 0.163 e. The van der Waals surface area contributed by atoms with Gasteiger partial charge in [0.25, 0.3) is 0 Å². The molecule has 0 bridgehead atoms. The second-order valence-corrected chi connectivity index (χ2v) is 4.18. The Morgan fingerprint density at radius 3 is 2.78 bits per heavy atom. The molecule has 6 heteroatoms. The van der Waals surface area contributed by atoms with Gasteiger partial charge in [0, 0.05) is 20.1 Å². The van der Waals surface area contributed by atoms with Crippen LogP contribution in [0.15, 0.2) is 12.5 Å². The zero-order chi connectivity index (χ0) is 13.0. The highest BCUT2D eigenvalue weighted by Crippen LogP contribution is 2.17. The summed E-state index contributed by atoms with van der Waals surface area (Å²) in [6, 6.07) is 0. The van der Waals surface area contributed by atoms with Gasteiger partial charge in [-0.2, -0.15) is 5.10 Å². The molecule has 0 unspecified atom stereocenters. The lowest BCUT2D eigenvalue weighted by Crippen LogP contribution is -2.28. The molecule has 0 atom stereocenters. The number of hydrogen-bond acceptors (Lipinski definition) is 5. The van der Waals surface area contributed by atoms with E-state index >= 15 is 0 Å². The maximum atomic E-state index is 4.27. The van der Waals surface area contributed by atoms with Gasteiger partial charge in [0.15, 0.2) is 5.65 Å². The molecule has 0 aliphatic carbocycles. The quantitative estimate of drug-likeness (QED) is 0.830. The Kier molecular flexibility index (Phi) is 4.09. The third kappa shape index (κ3) is 2.59. The van der Waals surface area contributed by atoms with Crippen molar-refractivity contribution in [3.8, 4) is 0 Å². The van der Waals surface area contributed by atoms with Crippen molar-refractivity contribution in [1.29, 1.82) is 0 Å². The van der Waals surface area contributed by atoms with Gasteiger partial charge in [-0.05, 0) is 13.1 Å². The lowest BCUT2D eigenvalue weighted by molar-refractivity contribution is 0.316. The monoisotopic (exact) mass is 248 g/mol. The van der Waals surface area contributed by atoms with E-state index in [0.717, 1.165) is 43.0 Å². The van der Waals surface area contributed by atoms with Gasteiger partial charge in [-0.1, -0.05) is 13.8 Å². The van der Waals surface area contributed by atoms with Crippen molar-refractivity contribution in [2.45, 2.75) is 13.8 Å². The summed E-state index contributed by atoms with van der Waals surface area (Å²) in [5, 5.41) is 8.52. The molecule has 2 heterocycles. The predicted octanol–water partition coefficient (Wildman–Crippen LogP) is 1.12. The van der Waals surface area contributed by atoms with Crippen molar-refractivity contribution in [1.82, 2.24) is 24.6 Å². The minimum atomic E-state index is 0.857. The highest BCUT2D eigenvalue weighted by molar-refractivity contribution is 5.85. The SMILES string of the molecule is CCN(CC)CCNc1ncnc2c1cnn2C. The fraction of sp³-hybridized carbons (Fsp3) is 0.583. The average molecular weight is 248 g/mol. The normalized spacial score (nSPS) is 11.3. The second kappa shape index (κ2) is 5.77. The molecular weight excluding hydrogens is 228 g/mol. The largest absolute Gasteiger partial charge is 0.368 e. The number of anilines is 1. The molecule has 1 N–H and O–H groups in total. The maximum absolute atomic E-state index is 4.27. The summed E-state index contributed by atoms with van der Waals surface area (Å²) >= 11 is 0. The van der Waals surface area contributed by atoms with Gasteiger partial charge in [-0.3, -0.25) is 4.68 Å². The van der Waals surface area contributed by atoms with Crippen molar-refractivity contribution in [3.63, 3.8) is 0 Å². The van der Waals surface area contributed by atoms with E-state index in [4.69, 9.17) is 0 Å². The first-order valence-corrected chi connectivity index (χ1v) is 6.35. The molecular formula is C12H20N6. The van der Waals surface area contributed by atoms with Crippen molar-refractivity contribution in [2.75, 3.05) is 31.5 Å². The van der Waals surface area contributed by atoms with Gasteiger partial charge in [0.2, 0.25) is 0 Å². The summed E-state index contributed by atoms with van der Waals surface area (Å²) in [6.45, 7) is 8.39. The lowest BCUT2D eigenvalue weighted by atomic mass is 10.4. The standard InChI is InChI=1S/C12H20N6/c1-4-18(5-2)7-6-13-11-10-8-16-17(3)12(10)15-9-14-11/h8-9H,4-7H2,1-3H3,(H,13,14,15). The number of aromatic nitrogens is 4. The number of nitrogens with one attached hydrogen (secondary N) is 1. The average Bonchev–Trinajstić information content (AvgIpc) is 2.78. The Labute approximate surface area is 107 Å². The zero-order valence-electron chi connectivity index (χ0n) is 11.2. The van der Waals surface area contributed by atoms with Crippen LogP contribution in [0.5, 0.6) is 0 Å². The molecule has 0 amide bonds. The number of fused-ring (bicyclic) bond motifs is 1. The molecule has 0 fully saturated rings. The van der Waals surface area contributed by atoms with Crippen LogP contribution in [0, 0.1) is 0 Å². The minimum absolute atomic E-state index is 0.857. The molecule has 98 valence electrons. The minimum Gasteiger partial charge on any atom is -0.368 e. The molecule has 2 aromatic heterocycles. The molecule has 0 saturated heterocycles. The first-order chi connectivity index (χ1) is 8.76. The Bertz CT molecular complexity index is 502. The van der Waals surface area contributed by atoms with Crippen molar-refractivity contribution < 1.29 is 0 Å². The fourth-order valence-electron chi connectivity index (χ4n) is 1.98. The summed E-state index contributed by atoms with van der Waals surface area (Å²) in [5.74, 6) is 0.861. The van der Waals surface area contributed by atoms with Crippen LogP contribution in [0.2, 0.25) is 0 Å². The number of likely N-dealkylation sites (N-methyl/N-ethyl adjacent to an activating group) is 1. The fourth-order valence-corrected chi connectivity index (χ4v) is 1.98. The molecule has 2 aromatic rings. The van der Waals surface area contributed by atoms with Crippen molar-refractivity contribution in [3.05, 3.63) is 12.5 Å². The summed E-state index contributed by atoms with van der Waals surface area (Å²) in [7, 11) is 1.88. The van der Waals surface area contributed by atoms with Gasteiger partial charge in [0.05, 0.1) is 11.6 Å². The van der Waals surface area contributed by atoms with Crippen LogP contribution in [0.25, 0.3) is 11.0 Å². The number of rotatable bonds is 6. The Morgan fingerprint density at radius 2 is 2.06 bits per heavy atom. The van der Waals surface area contributed by atoms with E-state index in [1.807, 2.05) is 7.05 Å². The van der Waals surface area contributed by atoms with Crippen LogP contribution in [0.3, 0.4) is 0 Å². The summed E-state index contributed by atoms with van der Waals surface area (Å²) in [5.41, 5.74) is 0.857. The molecule has 0 spiro atoms. The number of aryl methyl sites for hydroxylation is 1. The summed E-state index contributed by atoms with van der Waals surface area (Å²) < 4.78 is 1.76. The van der Waals surface area contributed by atoms with E-state index in [0.29, 0.717) is 0 Å². The molecule has 0 saturated carbocycles. The molecule has 2 rings (SSSR count). The molecule has 0 aliphatic rings. The van der Waals surface area contributed by atoms with E-state index in [9.17, 15) is 0 Å². The van der Waals surface area contributed by atoms with Crippen LogP contribution in [0.1, 0.15) is 13.8 Å². The third-order valence-corrected chi connectivity index (χ3v) is 3.14. The summed E-state index contributed by atoms with van der Waals surface area (Å²) in [6.07, 6.45) is 3.37. The number of nitrogens with zero attached hydrogens (tertiary/aromatic N) is 5. The first kappa shape index (κ1) is 12.8. The molecule has 18 heavy (non-hydrogen) atoms. The van der Waals surface area contributed by atoms with Gasteiger partial charge in [-0.25, -0.2) is 9.97 Å². The van der Waals surface area contributed by atoms with Crippen molar-refractivity contribution in [2.24, 2.45) is 7.05 Å². The molecule has 0 radical (unpaired) electrons. The predicted molar refractivity (Wildman–Crippen MR) is 72.6 cm³/mol. The molecule has 0 aliphatic heterocycles. The molecule has 0 aromatic carbocycles. The van der Waals surface area contributed by atoms with Crippen molar-refractivity contribution >= 4 is 16.9 Å². The lowest BCUT2D eigenvalue weighted by Gasteiger charge is -2.18. The van der Waals surface area contributed by atoms with E-state index in [1.165, 1.54) is 0 Å². The number of hydrogen-bond donors (Lipinski definition) is 1. The second-order valence-electron chi connectivity index (χ2n) is 4.18. The van der Waals surface area contributed by atoms with E-state index in [-0.39, 0.29) is 0 Å². The van der Waals surface area contributed by atoms with E-state index in [1.54, 1.807) is 17.2 Å². The van der Waals surface area contributed by atoms with Crippen LogP contribution in [0.4, 0.5) is 5.82 Å². The first-order valence-electron chi connectivity index (χ1n) is 6.35. The highest BCUT2D eigenvalue weighted by atomic mass is 15.3.